The summed E-state index contributed by atoms with van der Waals surface area (Å²) >= 11 is 5.91. The van der Waals surface area contributed by atoms with E-state index in [0.717, 1.165) is 0 Å². The predicted octanol–water partition coefficient (Wildman–Crippen LogP) is 1.49. The molecule has 1 aromatic heterocycles. The van der Waals surface area contributed by atoms with Gasteiger partial charge in [-0.15, -0.1) is 0 Å². The summed E-state index contributed by atoms with van der Waals surface area (Å²) in [6.45, 7) is 0. The van der Waals surface area contributed by atoms with E-state index in [9.17, 15) is 4.79 Å². The fraction of sp³-hybridized carbons (Fsp3) is 0. The van der Waals surface area contributed by atoms with Crippen LogP contribution in [0.3, 0.4) is 0 Å². The number of amides is 1. The molecule has 15 heavy (non-hydrogen) atoms. The highest BCUT2D eigenvalue weighted by Crippen LogP contribution is 2.24. The molecule has 2 aromatic rings. The summed E-state index contributed by atoms with van der Waals surface area (Å²) in [5.41, 5.74) is 5.57. The number of benzene rings is 1. The highest BCUT2D eigenvalue weighted by atomic mass is 35.5. The van der Waals surface area contributed by atoms with Gasteiger partial charge in [0.1, 0.15) is 0 Å². The first kappa shape index (κ1) is 9.67. The number of carbonyl (C=O) groups is 1. The van der Waals surface area contributed by atoms with Crippen LogP contribution in [0.1, 0.15) is 10.7 Å². The van der Waals surface area contributed by atoms with Crippen molar-refractivity contribution in [3.05, 3.63) is 35.2 Å². The molecule has 76 valence electrons. The zero-order valence-electron chi connectivity index (χ0n) is 7.48. The molecular weight excluding hydrogens is 218 g/mol. The first-order valence-corrected chi connectivity index (χ1v) is 4.44. The topological polar surface area (TPSA) is 82.0 Å². The Bertz CT molecular complexity index is 510. The van der Waals surface area contributed by atoms with Gasteiger partial charge in [-0.3, -0.25) is 4.79 Å². The van der Waals surface area contributed by atoms with E-state index in [-0.39, 0.29) is 11.7 Å². The van der Waals surface area contributed by atoms with Gasteiger partial charge < -0.3 is 10.3 Å². The average Bonchev–Trinajstić information content (AvgIpc) is 2.67. The maximum absolute atomic E-state index is 10.7. The van der Waals surface area contributed by atoms with Gasteiger partial charge in [0.2, 0.25) is 5.82 Å². The average molecular weight is 224 g/mol. The molecular formula is C9H6ClN3O2. The molecule has 0 bridgehead atoms. The summed E-state index contributed by atoms with van der Waals surface area (Å²) in [6.07, 6.45) is 0. The van der Waals surface area contributed by atoms with Crippen molar-refractivity contribution < 1.29 is 9.32 Å². The van der Waals surface area contributed by atoms with Crippen LogP contribution in [-0.2, 0) is 0 Å². The number of halogens is 1. The molecule has 0 unspecified atom stereocenters. The first-order chi connectivity index (χ1) is 7.18. The summed E-state index contributed by atoms with van der Waals surface area (Å²) in [5, 5.41) is 4.08. The number of nitrogens with two attached hydrogens (primary N) is 1. The minimum Gasteiger partial charge on any atom is -0.361 e. The SMILES string of the molecule is NC(=O)c1nc(-c2ccccc2Cl)no1. The summed E-state index contributed by atoms with van der Waals surface area (Å²) < 4.78 is 4.64. The highest BCUT2D eigenvalue weighted by Gasteiger charge is 2.14. The van der Waals surface area contributed by atoms with Crippen LogP contribution in [0.25, 0.3) is 11.4 Å². The molecule has 0 aliphatic heterocycles. The van der Waals surface area contributed by atoms with E-state index in [2.05, 4.69) is 14.7 Å². The number of hydrogen-bond acceptors (Lipinski definition) is 4. The smallest absolute Gasteiger partial charge is 0.316 e. The van der Waals surface area contributed by atoms with Crippen LogP contribution in [0.2, 0.25) is 5.02 Å². The molecule has 0 spiro atoms. The molecule has 1 heterocycles. The number of carbonyl (C=O) groups excluding carboxylic acids is 1. The molecule has 0 atom stereocenters. The van der Waals surface area contributed by atoms with Crippen molar-refractivity contribution in [2.75, 3.05) is 0 Å². The van der Waals surface area contributed by atoms with Crippen molar-refractivity contribution in [3.8, 4) is 11.4 Å². The molecule has 1 aromatic carbocycles. The number of hydrogen-bond donors (Lipinski definition) is 1. The molecule has 6 heteroatoms. The molecule has 1 amide bonds. The van der Waals surface area contributed by atoms with Crippen LogP contribution in [-0.4, -0.2) is 16.0 Å². The molecule has 2 N–H and O–H groups in total. The summed E-state index contributed by atoms with van der Waals surface area (Å²) in [7, 11) is 0. The quantitative estimate of drug-likeness (QED) is 0.836. The minimum atomic E-state index is -0.763. The van der Waals surface area contributed by atoms with Crippen molar-refractivity contribution in [2.45, 2.75) is 0 Å². The van der Waals surface area contributed by atoms with E-state index < -0.39 is 5.91 Å². The monoisotopic (exact) mass is 223 g/mol. The van der Waals surface area contributed by atoms with Crippen LogP contribution in [0.5, 0.6) is 0 Å². The van der Waals surface area contributed by atoms with Crippen molar-refractivity contribution in [3.63, 3.8) is 0 Å². The number of nitrogens with zero attached hydrogens (tertiary/aromatic N) is 2. The summed E-state index contributed by atoms with van der Waals surface area (Å²) in [5.74, 6) is -0.750. The maximum Gasteiger partial charge on any atom is 0.316 e. The molecule has 0 aliphatic rings. The Hall–Kier alpha value is -1.88. The third-order valence-corrected chi connectivity index (χ3v) is 2.08. The van der Waals surface area contributed by atoms with Crippen LogP contribution in [0.4, 0.5) is 0 Å². The van der Waals surface area contributed by atoms with Gasteiger partial charge in [0.25, 0.3) is 0 Å². The van der Waals surface area contributed by atoms with Crippen molar-refractivity contribution in [2.24, 2.45) is 5.73 Å². The number of rotatable bonds is 2. The molecule has 0 saturated carbocycles. The first-order valence-electron chi connectivity index (χ1n) is 4.07. The van der Waals surface area contributed by atoms with Gasteiger partial charge in [-0.05, 0) is 12.1 Å². The summed E-state index contributed by atoms with van der Waals surface area (Å²) in [6, 6.07) is 6.97. The molecule has 0 fully saturated rings. The predicted molar refractivity (Wildman–Crippen MR) is 53.3 cm³/mol. The Morgan fingerprint density at radius 2 is 2.13 bits per heavy atom. The third kappa shape index (κ3) is 1.82. The number of primary amides is 1. The van der Waals surface area contributed by atoms with Gasteiger partial charge in [0.15, 0.2) is 0 Å². The van der Waals surface area contributed by atoms with Gasteiger partial charge in [-0.2, -0.15) is 4.98 Å². The highest BCUT2D eigenvalue weighted by molar-refractivity contribution is 6.33. The minimum absolute atomic E-state index is 0.232. The van der Waals surface area contributed by atoms with Crippen LogP contribution < -0.4 is 5.73 Å². The second kappa shape index (κ2) is 3.70. The molecule has 5 nitrogen and oxygen atoms in total. The van der Waals surface area contributed by atoms with E-state index in [1.807, 2.05) is 0 Å². The van der Waals surface area contributed by atoms with E-state index >= 15 is 0 Å². The van der Waals surface area contributed by atoms with Crippen molar-refractivity contribution in [1.82, 2.24) is 10.1 Å². The van der Waals surface area contributed by atoms with Crippen LogP contribution >= 0.6 is 11.6 Å². The molecule has 0 saturated heterocycles. The second-order valence-corrected chi connectivity index (χ2v) is 3.17. The lowest BCUT2D eigenvalue weighted by Gasteiger charge is -1.95. The third-order valence-electron chi connectivity index (χ3n) is 1.75. The lowest BCUT2D eigenvalue weighted by atomic mass is 10.2. The second-order valence-electron chi connectivity index (χ2n) is 2.77. The standard InChI is InChI=1S/C9H6ClN3O2/c10-6-4-2-1-3-5(6)8-12-9(7(11)14)15-13-8/h1-4H,(H2,11,14). The number of aromatic nitrogens is 2. The van der Waals surface area contributed by atoms with Crippen LogP contribution in [0, 0.1) is 0 Å². The van der Waals surface area contributed by atoms with E-state index in [4.69, 9.17) is 17.3 Å². The Morgan fingerprint density at radius 1 is 1.40 bits per heavy atom. The molecule has 0 aliphatic carbocycles. The molecule has 2 rings (SSSR count). The Labute approximate surface area is 89.8 Å². The Morgan fingerprint density at radius 3 is 2.73 bits per heavy atom. The van der Waals surface area contributed by atoms with Crippen LogP contribution in [0.15, 0.2) is 28.8 Å². The van der Waals surface area contributed by atoms with Gasteiger partial charge in [0, 0.05) is 5.56 Å². The summed E-state index contributed by atoms with van der Waals surface area (Å²) in [4.78, 5) is 14.5. The van der Waals surface area contributed by atoms with Gasteiger partial charge >= 0.3 is 11.8 Å². The maximum atomic E-state index is 10.7. The van der Waals surface area contributed by atoms with E-state index in [0.29, 0.717) is 10.6 Å². The zero-order chi connectivity index (χ0) is 10.8. The van der Waals surface area contributed by atoms with E-state index in [1.165, 1.54) is 0 Å². The fourth-order valence-electron chi connectivity index (χ4n) is 1.08. The normalized spacial score (nSPS) is 10.2. The Kier molecular flexibility index (Phi) is 2.39. The largest absolute Gasteiger partial charge is 0.361 e. The lowest BCUT2D eigenvalue weighted by Crippen LogP contribution is -2.10. The molecule has 0 radical (unpaired) electrons. The van der Waals surface area contributed by atoms with Crippen molar-refractivity contribution >= 4 is 17.5 Å². The van der Waals surface area contributed by atoms with Gasteiger partial charge in [-0.1, -0.05) is 28.9 Å². The van der Waals surface area contributed by atoms with Gasteiger partial charge in [0.05, 0.1) is 5.02 Å². The fourth-order valence-corrected chi connectivity index (χ4v) is 1.30. The lowest BCUT2D eigenvalue weighted by molar-refractivity contribution is 0.0958. The Balaban J connectivity index is 2.46. The van der Waals surface area contributed by atoms with E-state index in [1.54, 1.807) is 24.3 Å². The van der Waals surface area contributed by atoms with Gasteiger partial charge in [-0.25, -0.2) is 0 Å². The van der Waals surface area contributed by atoms with Crippen molar-refractivity contribution in [1.29, 1.82) is 0 Å². The zero-order valence-corrected chi connectivity index (χ0v) is 8.23.